The van der Waals surface area contributed by atoms with Crippen molar-refractivity contribution in [3.8, 4) is 16.3 Å². The van der Waals surface area contributed by atoms with E-state index < -0.39 is 5.92 Å². The standard InChI is InChI=1S/C21H22ClNO3S/c1-10(2)26-16-7-6-14(9-15(16)22)21-23-18(11(3)27-21)17-19(24)12-4-5-13(8-12)20(17)25/h6-7,9-10,12-13,17H,4-5,8H2,1-3H3/t12-,13+,17?. The second-order valence-electron chi connectivity index (χ2n) is 7.72. The third-order valence-electron chi connectivity index (χ3n) is 5.45. The van der Waals surface area contributed by atoms with Crippen molar-refractivity contribution < 1.29 is 14.3 Å². The van der Waals surface area contributed by atoms with Crippen LogP contribution in [0.25, 0.3) is 10.6 Å². The molecule has 3 atom stereocenters. The van der Waals surface area contributed by atoms with Gasteiger partial charge < -0.3 is 4.74 Å². The van der Waals surface area contributed by atoms with Gasteiger partial charge in [-0.3, -0.25) is 9.59 Å². The highest BCUT2D eigenvalue weighted by Crippen LogP contribution is 2.45. The predicted octanol–water partition coefficient (Wildman–Crippen LogP) is 5.21. The normalized spacial score (nSPS) is 24.7. The summed E-state index contributed by atoms with van der Waals surface area (Å²) in [6.07, 6.45) is 2.46. The lowest BCUT2D eigenvalue weighted by Gasteiger charge is -2.24. The highest BCUT2D eigenvalue weighted by Gasteiger charge is 2.48. The van der Waals surface area contributed by atoms with Crippen molar-refractivity contribution >= 4 is 34.5 Å². The number of aryl methyl sites for hydroxylation is 1. The Hall–Kier alpha value is -1.72. The van der Waals surface area contributed by atoms with Crippen LogP contribution in [0.15, 0.2) is 18.2 Å². The van der Waals surface area contributed by atoms with E-state index in [2.05, 4.69) is 0 Å². The zero-order valence-electron chi connectivity index (χ0n) is 15.6. The monoisotopic (exact) mass is 403 g/mol. The second-order valence-corrected chi connectivity index (χ2v) is 9.33. The number of ketones is 2. The lowest BCUT2D eigenvalue weighted by molar-refractivity contribution is -0.136. The van der Waals surface area contributed by atoms with E-state index in [1.165, 1.54) is 11.3 Å². The molecule has 27 heavy (non-hydrogen) atoms. The number of benzene rings is 1. The Morgan fingerprint density at radius 3 is 2.44 bits per heavy atom. The Labute approximate surface area is 167 Å². The molecule has 0 amide bonds. The van der Waals surface area contributed by atoms with Crippen molar-refractivity contribution in [2.75, 3.05) is 0 Å². The Bertz CT molecular complexity index is 898. The molecule has 0 radical (unpaired) electrons. The van der Waals surface area contributed by atoms with E-state index in [1.807, 2.05) is 39.0 Å². The van der Waals surface area contributed by atoms with Crippen LogP contribution in [-0.4, -0.2) is 22.7 Å². The number of aromatic nitrogens is 1. The number of hydrogen-bond acceptors (Lipinski definition) is 5. The van der Waals surface area contributed by atoms with E-state index >= 15 is 0 Å². The van der Waals surface area contributed by atoms with E-state index in [4.69, 9.17) is 21.3 Å². The van der Waals surface area contributed by atoms with Crippen molar-refractivity contribution in [2.24, 2.45) is 11.8 Å². The maximum absolute atomic E-state index is 12.8. The van der Waals surface area contributed by atoms with Gasteiger partial charge in [0.15, 0.2) is 11.6 Å². The summed E-state index contributed by atoms with van der Waals surface area (Å²) < 4.78 is 5.68. The van der Waals surface area contributed by atoms with Crippen molar-refractivity contribution in [3.63, 3.8) is 0 Å². The van der Waals surface area contributed by atoms with E-state index in [0.717, 1.165) is 34.7 Å². The number of hydrogen-bond donors (Lipinski definition) is 0. The van der Waals surface area contributed by atoms with Gasteiger partial charge in [-0.25, -0.2) is 4.98 Å². The first-order chi connectivity index (χ1) is 12.8. The summed E-state index contributed by atoms with van der Waals surface area (Å²) in [5.41, 5.74) is 1.51. The number of thiazole rings is 1. The van der Waals surface area contributed by atoms with Crippen molar-refractivity contribution in [3.05, 3.63) is 33.8 Å². The number of ether oxygens (including phenoxy) is 1. The van der Waals surface area contributed by atoms with Crippen LogP contribution in [-0.2, 0) is 9.59 Å². The number of nitrogens with zero attached hydrogens (tertiary/aromatic N) is 1. The molecular formula is C21H22ClNO3S. The van der Waals surface area contributed by atoms with Gasteiger partial charge in [0.2, 0.25) is 0 Å². The molecule has 2 aromatic rings. The van der Waals surface area contributed by atoms with Crippen molar-refractivity contribution in [2.45, 2.75) is 52.1 Å². The largest absolute Gasteiger partial charge is 0.489 e. The average Bonchev–Trinajstić information content (AvgIpc) is 3.21. The maximum Gasteiger partial charge on any atom is 0.152 e. The summed E-state index contributed by atoms with van der Waals surface area (Å²) in [7, 11) is 0. The summed E-state index contributed by atoms with van der Waals surface area (Å²) in [5, 5.41) is 1.30. The molecule has 1 heterocycles. The molecule has 142 valence electrons. The molecule has 2 fully saturated rings. The molecule has 6 heteroatoms. The van der Waals surface area contributed by atoms with Gasteiger partial charge in [-0.15, -0.1) is 11.3 Å². The Morgan fingerprint density at radius 1 is 1.19 bits per heavy atom. The van der Waals surface area contributed by atoms with Crippen LogP contribution in [0.4, 0.5) is 0 Å². The summed E-state index contributed by atoms with van der Waals surface area (Å²) >= 11 is 7.86. The van der Waals surface area contributed by atoms with Gasteiger partial charge in [-0.1, -0.05) is 11.6 Å². The second kappa shape index (κ2) is 7.02. The number of carbonyl (C=O) groups is 2. The van der Waals surface area contributed by atoms with E-state index in [0.29, 0.717) is 16.5 Å². The van der Waals surface area contributed by atoms with Crippen molar-refractivity contribution in [1.82, 2.24) is 4.98 Å². The zero-order chi connectivity index (χ0) is 19.3. The molecular weight excluding hydrogens is 382 g/mol. The van der Waals surface area contributed by atoms with Gasteiger partial charge in [0, 0.05) is 22.3 Å². The van der Waals surface area contributed by atoms with Gasteiger partial charge in [-0.2, -0.15) is 0 Å². The minimum atomic E-state index is -0.680. The van der Waals surface area contributed by atoms with Crippen LogP contribution >= 0.6 is 22.9 Å². The van der Waals surface area contributed by atoms with Crippen LogP contribution < -0.4 is 4.74 Å². The molecule has 4 nitrogen and oxygen atoms in total. The minimum Gasteiger partial charge on any atom is -0.489 e. The predicted molar refractivity (Wildman–Crippen MR) is 107 cm³/mol. The Balaban J connectivity index is 1.67. The number of fused-ring (bicyclic) bond motifs is 2. The molecule has 0 N–H and O–H groups in total. The number of halogens is 1. The fourth-order valence-electron chi connectivity index (χ4n) is 4.16. The van der Waals surface area contributed by atoms with Gasteiger partial charge in [0.25, 0.3) is 0 Å². The third kappa shape index (κ3) is 3.32. The van der Waals surface area contributed by atoms with Crippen LogP contribution in [0.5, 0.6) is 5.75 Å². The molecule has 1 aromatic heterocycles. The number of carbonyl (C=O) groups excluding carboxylic acids is 2. The lowest BCUT2D eigenvalue weighted by atomic mass is 9.77. The third-order valence-corrected chi connectivity index (χ3v) is 6.78. The van der Waals surface area contributed by atoms with Gasteiger partial charge in [0.1, 0.15) is 16.7 Å². The molecule has 0 spiro atoms. The Morgan fingerprint density at radius 2 is 1.85 bits per heavy atom. The van der Waals surface area contributed by atoms with Gasteiger partial charge in [-0.05, 0) is 58.2 Å². The first-order valence-corrected chi connectivity index (χ1v) is 10.6. The van der Waals surface area contributed by atoms with Crippen LogP contribution in [0.2, 0.25) is 5.02 Å². The quantitative estimate of drug-likeness (QED) is 0.657. The molecule has 2 bridgehead atoms. The van der Waals surface area contributed by atoms with Crippen molar-refractivity contribution in [1.29, 1.82) is 0 Å². The average molecular weight is 404 g/mol. The summed E-state index contributed by atoms with van der Waals surface area (Å²) in [5.74, 6) is 0.145. The molecule has 2 aliphatic rings. The molecule has 0 saturated heterocycles. The van der Waals surface area contributed by atoms with E-state index in [-0.39, 0.29) is 29.5 Å². The Kier molecular flexibility index (Phi) is 4.85. The van der Waals surface area contributed by atoms with Crippen LogP contribution in [0, 0.1) is 18.8 Å². The fourth-order valence-corrected chi connectivity index (χ4v) is 5.33. The number of rotatable bonds is 4. The molecule has 2 aliphatic carbocycles. The molecule has 2 saturated carbocycles. The first-order valence-electron chi connectivity index (χ1n) is 9.36. The number of Topliss-reactive ketones (excluding diaryl/α,β-unsaturated/α-hetero) is 2. The van der Waals surface area contributed by atoms with E-state index in [9.17, 15) is 9.59 Å². The fraction of sp³-hybridized carbons (Fsp3) is 0.476. The first kappa shape index (κ1) is 18.6. The van der Waals surface area contributed by atoms with Crippen LogP contribution in [0.1, 0.15) is 49.6 Å². The topological polar surface area (TPSA) is 56.3 Å². The SMILES string of the molecule is Cc1sc(-c2ccc(OC(C)C)c(Cl)c2)nc1C1C(=O)[C@@H]2CC[C@@H](C2)C1=O. The highest BCUT2D eigenvalue weighted by molar-refractivity contribution is 7.15. The molecule has 0 aliphatic heterocycles. The highest BCUT2D eigenvalue weighted by atomic mass is 35.5. The lowest BCUT2D eigenvalue weighted by Crippen LogP contribution is -2.35. The van der Waals surface area contributed by atoms with Crippen LogP contribution in [0.3, 0.4) is 0 Å². The molecule has 1 unspecified atom stereocenters. The molecule has 1 aromatic carbocycles. The summed E-state index contributed by atoms with van der Waals surface area (Å²) in [4.78, 5) is 31.2. The van der Waals surface area contributed by atoms with Gasteiger partial charge in [0.05, 0.1) is 16.8 Å². The smallest absolute Gasteiger partial charge is 0.152 e. The summed E-state index contributed by atoms with van der Waals surface area (Å²) in [6.45, 7) is 5.84. The maximum atomic E-state index is 12.8. The zero-order valence-corrected chi connectivity index (χ0v) is 17.2. The molecule has 4 rings (SSSR count). The van der Waals surface area contributed by atoms with Gasteiger partial charge >= 0.3 is 0 Å². The minimum absolute atomic E-state index is 0.0316. The summed E-state index contributed by atoms with van der Waals surface area (Å²) in [6, 6.07) is 5.58. The van der Waals surface area contributed by atoms with E-state index in [1.54, 1.807) is 0 Å².